The van der Waals surface area contributed by atoms with Crippen LogP contribution in [0, 0.1) is 0 Å². The third kappa shape index (κ3) is 4.04. The molecule has 1 amide bonds. The number of carbonyl (C=O) groups excluding carboxylic acids is 1. The predicted octanol–water partition coefficient (Wildman–Crippen LogP) is 3.19. The van der Waals surface area contributed by atoms with Crippen molar-refractivity contribution in [3.63, 3.8) is 0 Å². The Bertz CT molecular complexity index is 552. The van der Waals surface area contributed by atoms with Gasteiger partial charge in [-0.15, -0.1) is 5.10 Å². The number of alkyl halides is 3. The van der Waals surface area contributed by atoms with E-state index in [0.29, 0.717) is 6.54 Å². The van der Waals surface area contributed by atoms with Crippen molar-refractivity contribution in [3.05, 3.63) is 35.2 Å². The zero-order chi connectivity index (χ0) is 13.9. The third-order valence-corrected chi connectivity index (χ3v) is 3.34. The zero-order valence-corrected chi connectivity index (χ0v) is 12.5. The SMILES string of the molecule is O=C(NCc1ccc(-c2csnn2)cc1)C(Cl)(Cl)Cl. The Morgan fingerprint density at radius 3 is 2.47 bits per heavy atom. The van der Waals surface area contributed by atoms with Gasteiger partial charge in [0.2, 0.25) is 0 Å². The number of nitrogens with zero attached hydrogens (tertiary/aromatic N) is 2. The van der Waals surface area contributed by atoms with Crippen LogP contribution in [-0.2, 0) is 11.3 Å². The van der Waals surface area contributed by atoms with Crippen molar-refractivity contribution < 1.29 is 4.79 Å². The van der Waals surface area contributed by atoms with Crippen LogP contribution in [0.1, 0.15) is 5.56 Å². The van der Waals surface area contributed by atoms with Crippen molar-refractivity contribution in [1.29, 1.82) is 0 Å². The molecule has 0 aliphatic carbocycles. The highest BCUT2D eigenvalue weighted by Gasteiger charge is 2.29. The van der Waals surface area contributed by atoms with Crippen LogP contribution in [0.3, 0.4) is 0 Å². The van der Waals surface area contributed by atoms with E-state index >= 15 is 0 Å². The molecule has 0 aliphatic heterocycles. The molecule has 0 bridgehead atoms. The summed E-state index contributed by atoms with van der Waals surface area (Å²) in [6.45, 7) is 0.294. The minimum atomic E-state index is -1.94. The van der Waals surface area contributed by atoms with E-state index in [1.54, 1.807) is 0 Å². The van der Waals surface area contributed by atoms with E-state index in [-0.39, 0.29) is 0 Å². The van der Waals surface area contributed by atoms with Gasteiger partial charge in [0.25, 0.3) is 9.70 Å². The van der Waals surface area contributed by atoms with Crippen LogP contribution in [0.2, 0.25) is 0 Å². The van der Waals surface area contributed by atoms with Crippen molar-refractivity contribution in [2.24, 2.45) is 0 Å². The summed E-state index contributed by atoms with van der Waals surface area (Å²) < 4.78 is 1.86. The molecule has 0 fully saturated rings. The first kappa shape index (κ1) is 14.5. The highest BCUT2D eigenvalue weighted by molar-refractivity contribution is 7.03. The topological polar surface area (TPSA) is 54.9 Å². The van der Waals surface area contributed by atoms with Gasteiger partial charge in [0.05, 0.1) is 0 Å². The molecule has 0 saturated carbocycles. The Hall–Kier alpha value is -0.880. The van der Waals surface area contributed by atoms with Crippen molar-refractivity contribution in [2.75, 3.05) is 0 Å². The molecule has 19 heavy (non-hydrogen) atoms. The van der Waals surface area contributed by atoms with E-state index in [0.717, 1.165) is 16.8 Å². The van der Waals surface area contributed by atoms with Crippen LogP contribution in [0.5, 0.6) is 0 Å². The summed E-state index contributed by atoms with van der Waals surface area (Å²) in [4.78, 5) is 11.4. The number of carbonyl (C=O) groups is 1. The lowest BCUT2D eigenvalue weighted by Crippen LogP contribution is -2.33. The van der Waals surface area contributed by atoms with Gasteiger partial charge in [0.15, 0.2) is 0 Å². The molecule has 0 radical (unpaired) electrons. The second-order valence-corrected chi connectivity index (χ2v) is 6.56. The second-order valence-electron chi connectivity index (χ2n) is 3.67. The summed E-state index contributed by atoms with van der Waals surface area (Å²) in [6, 6.07) is 7.53. The second kappa shape index (κ2) is 6.05. The normalized spacial score (nSPS) is 11.3. The third-order valence-electron chi connectivity index (χ3n) is 2.32. The lowest BCUT2D eigenvalue weighted by molar-refractivity contribution is -0.120. The molecule has 1 aromatic carbocycles. The van der Waals surface area contributed by atoms with Crippen molar-refractivity contribution in [2.45, 2.75) is 10.3 Å². The summed E-state index contributed by atoms with van der Waals surface area (Å²) in [5.41, 5.74) is 2.68. The minimum absolute atomic E-state index is 0.294. The molecule has 0 aliphatic rings. The monoisotopic (exact) mass is 335 g/mol. The fraction of sp³-hybridized carbons (Fsp3) is 0.182. The Kier molecular flexibility index (Phi) is 4.62. The highest BCUT2D eigenvalue weighted by Crippen LogP contribution is 2.26. The van der Waals surface area contributed by atoms with Gasteiger partial charge in [-0.2, -0.15) is 0 Å². The lowest BCUT2D eigenvalue weighted by Gasteiger charge is -2.11. The van der Waals surface area contributed by atoms with Crippen LogP contribution in [0.4, 0.5) is 0 Å². The van der Waals surface area contributed by atoms with Gasteiger partial charge in [-0.3, -0.25) is 4.79 Å². The fourth-order valence-electron chi connectivity index (χ4n) is 1.37. The number of aromatic nitrogens is 2. The first-order chi connectivity index (χ1) is 8.97. The van der Waals surface area contributed by atoms with E-state index in [1.807, 2.05) is 29.6 Å². The number of amides is 1. The molecule has 0 spiro atoms. The number of hydrogen-bond donors (Lipinski definition) is 1. The molecule has 2 aromatic rings. The Labute approximate surface area is 128 Å². The first-order valence-electron chi connectivity index (χ1n) is 5.18. The van der Waals surface area contributed by atoms with E-state index < -0.39 is 9.70 Å². The lowest BCUT2D eigenvalue weighted by atomic mass is 10.1. The summed E-state index contributed by atoms with van der Waals surface area (Å²) in [7, 11) is 0. The molecule has 1 aromatic heterocycles. The van der Waals surface area contributed by atoms with Crippen LogP contribution in [0.15, 0.2) is 29.6 Å². The van der Waals surface area contributed by atoms with Crippen LogP contribution in [0.25, 0.3) is 11.3 Å². The number of halogens is 3. The zero-order valence-electron chi connectivity index (χ0n) is 9.44. The quantitative estimate of drug-likeness (QED) is 0.876. The molecule has 1 N–H and O–H groups in total. The molecule has 2 rings (SSSR count). The smallest absolute Gasteiger partial charge is 0.272 e. The Morgan fingerprint density at radius 2 is 1.95 bits per heavy atom. The largest absolute Gasteiger partial charge is 0.348 e. The average molecular weight is 337 g/mol. The molecule has 8 heteroatoms. The molecule has 100 valence electrons. The summed E-state index contributed by atoms with van der Waals surface area (Å²) in [5.74, 6) is -0.648. The number of nitrogens with one attached hydrogen (secondary N) is 1. The van der Waals surface area contributed by atoms with Gasteiger partial charge >= 0.3 is 0 Å². The van der Waals surface area contributed by atoms with E-state index in [4.69, 9.17) is 34.8 Å². The maximum Gasteiger partial charge on any atom is 0.272 e. The van der Waals surface area contributed by atoms with Gasteiger partial charge in [-0.05, 0) is 17.1 Å². The van der Waals surface area contributed by atoms with Crippen LogP contribution >= 0.6 is 46.3 Å². The van der Waals surface area contributed by atoms with Gasteiger partial charge in [-0.1, -0.05) is 63.6 Å². The molecule has 0 unspecified atom stereocenters. The van der Waals surface area contributed by atoms with Crippen LogP contribution in [-0.4, -0.2) is 19.3 Å². The predicted molar refractivity (Wildman–Crippen MR) is 77.5 cm³/mol. The molecule has 4 nitrogen and oxygen atoms in total. The number of hydrogen-bond acceptors (Lipinski definition) is 4. The number of benzene rings is 1. The molecule has 0 atom stereocenters. The molecular weight excluding hydrogens is 329 g/mol. The van der Waals surface area contributed by atoms with Gasteiger partial charge in [-0.25, -0.2) is 0 Å². The maximum atomic E-state index is 11.4. The van der Waals surface area contributed by atoms with Gasteiger partial charge < -0.3 is 5.32 Å². The Balaban J connectivity index is 1.98. The van der Waals surface area contributed by atoms with E-state index in [9.17, 15) is 4.79 Å². The molecule has 1 heterocycles. The fourth-order valence-corrected chi connectivity index (χ4v) is 2.03. The summed E-state index contributed by atoms with van der Waals surface area (Å²) in [6.07, 6.45) is 0. The standard InChI is InChI=1S/C11H8Cl3N3OS/c12-11(13,14)10(18)15-5-7-1-3-8(4-2-7)9-6-19-17-16-9/h1-4,6H,5H2,(H,15,18). The van der Waals surface area contributed by atoms with E-state index in [2.05, 4.69) is 14.9 Å². The molecular formula is C11H8Cl3N3OS. The van der Waals surface area contributed by atoms with Gasteiger partial charge in [0, 0.05) is 17.5 Å². The van der Waals surface area contributed by atoms with Gasteiger partial charge in [0.1, 0.15) is 5.69 Å². The molecule has 0 saturated heterocycles. The summed E-state index contributed by atoms with van der Waals surface area (Å²) in [5, 5.41) is 8.36. The minimum Gasteiger partial charge on any atom is -0.348 e. The summed E-state index contributed by atoms with van der Waals surface area (Å²) >= 11 is 17.6. The maximum absolute atomic E-state index is 11.4. The first-order valence-corrected chi connectivity index (χ1v) is 7.15. The van der Waals surface area contributed by atoms with Crippen molar-refractivity contribution in [1.82, 2.24) is 14.9 Å². The number of rotatable bonds is 3. The Morgan fingerprint density at radius 1 is 1.26 bits per heavy atom. The van der Waals surface area contributed by atoms with Crippen molar-refractivity contribution in [3.8, 4) is 11.3 Å². The van der Waals surface area contributed by atoms with Crippen LogP contribution < -0.4 is 5.32 Å². The average Bonchev–Trinajstić information content (AvgIpc) is 2.89. The highest BCUT2D eigenvalue weighted by atomic mass is 35.6. The van der Waals surface area contributed by atoms with Crippen molar-refractivity contribution >= 4 is 52.2 Å². The van der Waals surface area contributed by atoms with E-state index in [1.165, 1.54) is 11.5 Å².